The molecule has 0 amide bonds. The summed E-state index contributed by atoms with van der Waals surface area (Å²) in [6.45, 7) is -1.11. The van der Waals surface area contributed by atoms with E-state index in [1.807, 2.05) is 0 Å². The Kier molecular flexibility index (Phi) is 4.43. The lowest BCUT2D eigenvalue weighted by atomic mass is 9.93. The van der Waals surface area contributed by atoms with Gasteiger partial charge in [0.15, 0.2) is 0 Å². The van der Waals surface area contributed by atoms with E-state index in [4.69, 9.17) is 0 Å². The molecule has 1 atom stereocenters. The van der Waals surface area contributed by atoms with Crippen molar-refractivity contribution in [3.05, 3.63) is 0 Å². The van der Waals surface area contributed by atoms with Crippen LogP contribution in [-0.2, 0) is 4.74 Å². The van der Waals surface area contributed by atoms with E-state index in [2.05, 4.69) is 4.74 Å². The molecule has 0 aromatic heterocycles. The van der Waals surface area contributed by atoms with Crippen LogP contribution < -0.4 is 0 Å². The maximum atomic E-state index is 13.2. The molecule has 12 heteroatoms. The lowest BCUT2D eigenvalue weighted by molar-refractivity contribution is -0.469. The number of rotatable bonds is 3. The Hall–Kier alpha value is -0.810. The van der Waals surface area contributed by atoms with Gasteiger partial charge in [-0.15, -0.1) is 0 Å². The van der Waals surface area contributed by atoms with E-state index in [9.17, 15) is 48.3 Å². The van der Waals surface area contributed by atoms with Gasteiger partial charge in [-0.1, -0.05) is 0 Å². The molecule has 0 rings (SSSR count). The van der Waals surface area contributed by atoms with Gasteiger partial charge >= 0.3 is 30.1 Å². The molecule has 0 radical (unpaired) electrons. The molecule has 0 aromatic rings. The highest BCUT2D eigenvalue weighted by atomic mass is 19.4. The molecule has 0 bridgehead atoms. The van der Waals surface area contributed by atoms with Gasteiger partial charge in [0, 0.05) is 6.61 Å². The molecule has 0 heterocycles. The third-order valence-corrected chi connectivity index (χ3v) is 1.93. The van der Waals surface area contributed by atoms with Crippen molar-refractivity contribution in [2.75, 3.05) is 6.61 Å². The molecular weight excluding hydrogens is 309 g/mol. The summed E-state index contributed by atoms with van der Waals surface area (Å²) in [4.78, 5) is 0. The summed E-state index contributed by atoms with van der Waals surface area (Å²) >= 11 is 0. The standard InChI is InChI=1S/C7H5F11O/c1-2-19-4(9,7(16,17)18)3(8,5(10,11)12)6(13,14)15/h2H2,1H3. The number of alkyl halides is 11. The maximum absolute atomic E-state index is 13.2. The van der Waals surface area contributed by atoms with E-state index in [1.54, 1.807) is 0 Å². The molecule has 1 nitrogen and oxygen atoms in total. The summed E-state index contributed by atoms with van der Waals surface area (Å²) in [7, 11) is 0. The highest BCUT2D eigenvalue weighted by Gasteiger charge is 2.90. The maximum Gasteiger partial charge on any atom is 0.452 e. The Balaban J connectivity index is 6.27. The van der Waals surface area contributed by atoms with Crippen molar-refractivity contribution >= 4 is 0 Å². The van der Waals surface area contributed by atoms with Gasteiger partial charge in [0.1, 0.15) is 0 Å². The van der Waals surface area contributed by atoms with Crippen molar-refractivity contribution in [3.8, 4) is 0 Å². The molecule has 0 aliphatic carbocycles. The lowest BCUT2D eigenvalue weighted by Gasteiger charge is -2.40. The Labute approximate surface area is 97.9 Å². The normalized spacial score (nSPS) is 18.3. The SMILES string of the molecule is CCOC(F)(C(F)(F)F)C(F)(C(F)(F)F)C(F)(F)F. The van der Waals surface area contributed by atoms with Gasteiger partial charge in [-0.25, -0.2) is 4.39 Å². The van der Waals surface area contributed by atoms with E-state index in [0.29, 0.717) is 6.92 Å². The topological polar surface area (TPSA) is 9.23 Å². The van der Waals surface area contributed by atoms with Gasteiger partial charge in [0.25, 0.3) is 0 Å². The van der Waals surface area contributed by atoms with Gasteiger partial charge in [0.05, 0.1) is 0 Å². The average molecular weight is 314 g/mol. The van der Waals surface area contributed by atoms with Crippen molar-refractivity contribution in [1.29, 1.82) is 0 Å². The largest absolute Gasteiger partial charge is 0.452 e. The first kappa shape index (κ1) is 18.2. The molecule has 0 spiro atoms. The Morgan fingerprint density at radius 2 is 0.947 bits per heavy atom. The van der Waals surface area contributed by atoms with Gasteiger partial charge in [0.2, 0.25) is 0 Å². The molecule has 0 aliphatic rings. The first-order valence-electron chi connectivity index (χ1n) is 4.28. The zero-order chi connectivity index (χ0) is 15.9. The van der Waals surface area contributed by atoms with Gasteiger partial charge < -0.3 is 4.74 Å². The Morgan fingerprint density at radius 3 is 1.11 bits per heavy atom. The number of hydrogen-bond donors (Lipinski definition) is 0. The van der Waals surface area contributed by atoms with E-state index >= 15 is 0 Å². The summed E-state index contributed by atoms with van der Waals surface area (Å²) < 4.78 is 138. The minimum Gasteiger partial charge on any atom is -0.336 e. The molecule has 0 aliphatic heterocycles. The molecular formula is C7H5F11O. The third-order valence-electron chi connectivity index (χ3n) is 1.93. The van der Waals surface area contributed by atoms with Crippen LogP contribution in [-0.4, -0.2) is 36.7 Å². The predicted molar refractivity (Wildman–Crippen MR) is 37.5 cm³/mol. The molecule has 0 saturated carbocycles. The summed E-state index contributed by atoms with van der Waals surface area (Å²) in [5.41, 5.74) is -7.25. The minimum absolute atomic E-state index is 0.466. The van der Waals surface area contributed by atoms with Crippen molar-refractivity contribution in [2.24, 2.45) is 0 Å². The first-order chi connectivity index (χ1) is 8.06. The van der Waals surface area contributed by atoms with Crippen LogP contribution >= 0.6 is 0 Å². The minimum atomic E-state index is -7.25. The van der Waals surface area contributed by atoms with E-state index in [1.165, 1.54) is 0 Å². The van der Waals surface area contributed by atoms with E-state index in [0.717, 1.165) is 0 Å². The zero-order valence-electron chi connectivity index (χ0n) is 8.77. The third kappa shape index (κ3) is 2.58. The Morgan fingerprint density at radius 1 is 0.632 bits per heavy atom. The molecule has 0 N–H and O–H groups in total. The monoisotopic (exact) mass is 314 g/mol. The zero-order valence-corrected chi connectivity index (χ0v) is 8.77. The fourth-order valence-electron chi connectivity index (χ4n) is 1.10. The van der Waals surface area contributed by atoms with Gasteiger partial charge in [-0.3, -0.25) is 0 Å². The summed E-state index contributed by atoms with van der Waals surface area (Å²) in [6.07, 6.45) is -21.4. The van der Waals surface area contributed by atoms with Crippen LogP contribution in [0.1, 0.15) is 6.92 Å². The second-order valence-electron chi connectivity index (χ2n) is 3.18. The number of ether oxygens (including phenoxy) is 1. The number of halogens is 11. The van der Waals surface area contributed by atoms with E-state index < -0.39 is 36.7 Å². The van der Waals surface area contributed by atoms with Crippen molar-refractivity contribution in [3.63, 3.8) is 0 Å². The van der Waals surface area contributed by atoms with Crippen molar-refractivity contribution in [1.82, 2.24) is 0 Å². The van der Waals surface area contributed by atoms with Gasteiger partial charge in [-0.2, -0.15) is 43.9 Å². The summed E-state index contributed by atoms with van der Waals surface area (Å²) in [6, 6.07) is 0. The van der Waals surface area contributed by atoms with Crippen molar-refractivity contribution < 1.29 is 53.0 Å². The average Bonchev–Trinajstić information content (AvgIpc) is 2.11. The summed E-state index contributed by atoms with van der Waals surface area (Å²) in [5.74, 6) is -6.61. The molecule has 0 aromatic carbocycles. The van der Waals surface area contributed by atoms with Crippen LogP contribution in [0.2, 0.25) is 0 Å². The van der Waals surface area contributed by atoms with E-state index in [-0.39, 0.29) is 0 Å². The molecule has 0 saturated heterocycles. The summed E-state index contributed by atoms with van der Waals surface area (Å²) in [5, 5.41) is 0. The smallest absolute Gasteiger partial charge is 0.336 e. The highest BCUT2D eigenvalue weighted by Crippen LogP contribution is 2.59. The fourth-order valence-corrected chi connectivity index (χ4v) is 1.10. The Bertz CT molecular complexity index is 298. The van der Waals surface area contributed by atoms with Crippen molar-refractivity contribution in [2.45, 2.75) is 37.0 Å². The highest BCUT2D eigenvalue weighted by molar-refractivity contribution is 5.09. The molecule has 19 heavy (non-hydrogen) atoms. The van der Waals surface area contributed by atoms with Crippen LogP contribution in [0.3, 0.4) is 0 Å². The van der Waals surface area contributed by atoms with Crippen LogP contribution in [0.5, 0.6) is 0 Å². The van der Waals surface area contributed by atoms with Crippen LogP contribution in [0.25, 0.3) is 0 Å². The van der Waals surface area contributed by atoms with Crippen LogP contribution in [0, 0.1) is 0 Å². The number of hydrogen-bond acceptors (Lipinski definition) is 1. The second-order valence-corrected chi connectivity index (χ2v) is 3.18. The fraction of sp³-hybridized carbons (Fsp3) is 1.00. The molecule has 1 unspecified atom stereocenters. The lowest BCUT2D eigenvalue weighted by Crippen LogP contribution is -2.72. The second kappa shape index (κ2) is 4.63. The van der Waals surface area contributed by atoms with Crippen LogP contribution in [0.4, 0.5) is 48.3 Å². The van der Waals surface area contributed by atoms with Crippen LogP contribution in [0.15, 0.2) is 0 Å². The predicted octanol–water partition coefficient (Wildman–Crippen LogP) is 4.08. The molecule has 116 valence electrons. The quantitative estimate of drug-likeness (QED) is 0.713. The molecule has 0 fully saturated rings. The van der Waals surface area contributed by atoms with Gasteiger partial charge in [-0.05, 0) is 6.92 Å². The first-order valence-corrected chi connectivity index (χ1v) is 4.28.